The predicted octanol–water partition coefficient (Wildman–Crippen LogP) is 7.91. The van der Waals surface area contributed by atoms with Crippen LogP contribution in [0.15, 0.2) is 89.3 Å². The zero-order chi connectivity index (χ0) is 31.2. The second-order valence-corrected chi connectivity index (χ2v) is 13.1. The molecule has 0 unspecified atom stereocenters. The molecule has 6 rings (SSSR count). The van der Waals surface area contributed by atoms with E-state index >= 15 is 0 Å². The molecule has 0 aliphatic rings. The Morgan fingerprint density at radius 1 is 0.587 bits per heavy atom. The van der Waals surface area contributed by atoms with Crippen LogP contribution in [0, 0.1) is 5.92 Å². The summed E-state index contributed by atoms with van der Waals surface area (Å²) < 4.78 is 23.8. The van der Waals surface area contributed by atoms with Gasteiger partial charge in [-0.15, -0.1) is 34.0 Å². The average Bonchev–Trinajstić information content (AvgIpc) is 3.92. The zero-order valence-corrected chi connectivity index (χ0v) is 27.5. The van der Waals surface area contributed by atoms with Crippen LogP contribution in [0.2, 0.25) is 0 Å². The minimum absolute atomic E-state index is 0.0184. The van der Waals surface area contributed by atoms with E-state index in [0.29, 0.717) is 40.0 Å². The minimum Gasteiger partial charge on any atom is -0.359 e. The van der Waals surface area contributed by atoms with Crippen LogP contribution in [0.1, 0.15) is 31.7 Å². The van der Waals surface area contributed by atoms with Crippen LogP contribution < -0.4 is 0 Å². The fourth-order valence-electron chi connectivity index (χ4n) is 4.45. The molecule has 0 fully saturated rings. The van der Waals surface area contributed by atoms with E-state index in [1.165, 1.54) is 14.6 Å². The molecule has 6 heterocycles. The summed E-state index contributed by atoms with van der Waals surface area (Å²) in [5.74, 6) is -0.0184. The lowest BCUT2D eigenvalue weighted by Gasteiger charge is -2.18. The number of thiophene rings is 3. The van der Waals surface area contributed by atoms with Crippen molar-refractivity contribution in [2.75, 3.05) is 19.8 Å². The Morgan fingerprint density at radius 3 is 1.59 bits per heavy atom. The number of hydrogen-bond donors (Lipinski definition) is 0. The first-order valence-electron chi connectivity index (χ1n) is 14.7. The van der Waals surface area contributed by atoms with E-state index in [2.05, 4.69) is 80.0 Å². The molecule has 0 spiro atoms. The molecule has 6 aromatic rings. The normalized spacial score (nSPS) is 12.2. The smallest absolute Gasteiger partial charge is 0.139 e. The maximum Gasteiger partial charge on any atom is 0.139 e. The summed E-state index contributed by atoms with van der Waals surface area (Å²) in [6.07, 6.45) is 17.8. The third kappa shape index (κ3) is 9.66. The van der Waals surface area contributed by atoms with Crippen molar-refractivity contribution in [1.29, 1.82) is 0 Å². The largest absolute Gasteiger partial charge is 0.359 e. The topological polar surface area (TPSA) is 81.1 Å². The molecule has 0 aromatic carbocycles. The van der Waals surface area contributed by atoms with Crippen molar-refractivity contribution < 1.29 is 14.2 Å². The van der Waals surface area contributed by atoms with Gasteiger partial charge in [-0.05, 0) is 89.0 Å². The highest BCUT2D eigenvalue weighted by Crippen LogP contribution is 2.16. The van der Waals surface area contributed by atoms with E-state index < -0.39 is 0 Å². The molecule has 0 atom stereocenters. The molecule has 0 aliphatic carbocycles. The summed E-state index contributed by atoms with van der Waals surface area (Å²) >= 11 is 5.09. The molecule has 9 nitrogen and oxygen atoms in total. The third-order valence-corrected chi connectivity index (χ3v) is 9.27. The fraction of sp³-hybridized carbons (Fsp3) is 0.206. The van der Waals surface area contributed by atoms with Crippen molar-refractivity contribution >= 4 is 70.5 Å². The van der Waals surface area contributed by atoms with Crippen LogP contribution in [-0.2, 0) is 34.4 Å². The lowest BCUT2D eigenvalue weighted by atomic mass is 10.2. The van der Waals surface area contributed by atoms with Crippen molar-refractivity contribution in [2.45, 2.75) is 20.2 Å². The van der Waals surface area contributed by atoms with E-state index in [0.717, 1.165) is 17.1 Å². The first-order valence-corrected chi connectivity index (χ1v) is 17.4. The van der Waals surface area contributed by atoms with Gasteiger partial charge in [0.1, 0.15) is 20.2 Å². The summed E-state index contributed by atoms with van der Waals surface area (Å²) in [6, 6.07) is 18.3. The Balaban J connectivity index is 1.02. The fourth-order valence-corrected chi connectivity index (χ4v) is 6.31. The lowest BCUT2D eigenvalue weighted by molar-refractivity contribution is -0.0505. The first kappa shape index (κ1) is 31.8. The highest BCUT2D eigenvalue weighted by molar-refractivity contribution is 7.11. The molecular weight excluding hydrogens is 637 g/mol. The van der Waals surface area contributed by atoms with Crippen molar-refractivity contribution in [2.24, 2.45) is 5.92 Å². The van der Waals surface area contributed by atoms with E-state index in [1.54, 1.807) is 51.1 Å². The van der Waals surface area contributed by atoms with E-state index in [-0.39, 0.29) is 5.92 Å². The van der Waals surface area contributed by atoms with Gasteiger partial charge in [-0.25, -0.2) is 14.0 Å². The van der Waals surface area contributed by atoms with Crippen LogP contribution in [0.5, 0.6) is 0 Å². The third-order valence-electron chi connectivity index (χ3n) is 6.76. The number of nitrogens with zero attached hydrogens (tertiary/aromatic N) is 6. The number of aromatic nitrogens is 6. The molecule has 0 saturated heterocycles. The monoisotopic (exact) mass is 670 g/mol. The Labute approximate surface area is 279 Å². The van der Waals surface area contributed by atoms with Crippen LogP contribution in [0.3, 0.4) is 0 Å². The van der Waals surface area contributed by atoms with Crippen molar-refractivity contribution in [3.05, 3.63) is 121 Å². The van der Waals surface area contributed by atoms with Gasteiger partial charge in [0.05, 0.1) is 36.9 Å². The van der Waals surface area contributed by atoms with Gasteiger partial charge in [0.25, 0.3) is 0 Å². The minimum atomic E-state index is -0.0184. The molecule has 0 bridgehead atoms. The van der Waals surface area contributed by atoms with Crippen molar-refractivity contribution in [1.82, 2.24) is 29.3 Å². The molecule has 0 N–H and O–H groups in total. The average molecular weight is 671 g/mol. The summed E-state index contributed by atoms with van der Waals surface area (Å²) in [6.45, 7) is 2.29. The van der Waals surface area contributed by atoms with Gasteiger partial charge in [-0.1, -0.05) is 18.2 Å². The first-order chi connectivity index (χ1) is 22.8. The second-order valence-electron chi connectivity index (χ2n) is 10.2. The molecule has 46 heavy (non-hydrogen) atoms. The summed E-state index contributed by atoms with van der Waals surface area (Å²) in [7, 11) is 0. The number of ether oxygens (including phenoxy) is 3. The van der Waals surface area contributed by atoms with Crippen LogP contribution in [0.25, 0.3) is 36.5 Å². The second kappa shape index (κ2) is 16.9. The molecular formula is C34H34N6O3S3. The number of rotatable bonds is 18. The van der Waals surface area contributed by atoms with Gasteiger partial charge < -0.3 is 14.2 Å². The van der Waals surface area contributed by atoms with Gasteiger partial charge in [0, 0.05) is 39.1 Å². The summed E-state index contributed by atoms with van der Waals surface area (Å²) in [5.41, 5.74) is 2.83. The number of hydrogen-bond acceptors (Lipinski definition) is 9. The molecule has 0 radical (unpaired) electrons. The molecule has 12 heteroatoms. The van der Waals surface area contributed by atoms with Crippen LogP contribution in [-0.4, -0.2) is 49.2 Å². The van der Waals surface area contributed by atoms with Gasteiger partial charge in [-0.3, -0.25) is 0 Å². The molecule has 6 aromatic heterocycles. The van der Waals surface area contributed by atoms with Gasteiger partial charge in [-0.2, -0.15) is 15.3 Å². The lowest BCUT2D eigenvalue weighted by Crippen LogP contribution is -2.24. The predicted molar refractivity (Wildman–Crippen MR) is 188 cm³/mol. The standard InChI is InChI=1S/C34H34N6O3S3/c1-4-32(44-19-1)10-7-29-15-18-38(37-29)25-41-22-28(23-42-26-39-30(13-16-35-39)8-11-33-5-2-20-45-33)24-43-27-40-31(14-17-36-40)9-12-34-6-3-21-46-34/h1-21,28H,22-27H2/b10-7+,11-8+,12-9+. The van der Waals surface area contributed by atoms with Crippen molar-refractivity contribution in [3.8, 4) is 0 Å². The summed E-state index contributed by atoms with van der Waals surface area (Å²) in [4.78, 5) is 3.57. The SMILES string of the molecule is C(=C\c1cccs1)/c1ccn(COCC(COCn2nccc2/C=C/c2cccs2)COCn2nccc2/C=C/c2cccs2)n1. The zero-order valence-electron chi connectivity index (χ0n) is 25.1. The summed E-state index contributed by atoms with van der Waals surface area (Å²) in [5, 5.41) is 19.7. The molecule has 0 amide bonds. The van der Waals surface area contributed by atoms with E-state index in [9.17, 15) is 0 Å². The molecule has 0 aliphatic heterocycles. The maximum absolute atomic E-state index is 6.13. The maximum atomic E-state index is 6.13. The van der Waals surface area contributed by atoms with Crippen molar-refractivity contribution in [3.63, 3.8) is 0 Å². The Morgan fingerprint density at radius 2 is 1.09 bits per heavy atom. The quantitative estimate of drug-likeness (QED) is 0.0925. The Kier molecular flexibility index (Phi) is 11.7. The highest BCUT2D eigenvalue weighted by atomic mass is 32.1. The van der Waals surface area contributed by atoms with E-state index in [1.807, 2.05) is 58.0 Å². The molecule has 236 valence electrons. The Bertz CT molecular complexity index is 1710. The van der Waals surface area contributed by atoms with Gasteiger partial charge >= 0.3 is 0 Å². The van der Waals surface area contributed by atoms with Crippen LogP contribution in [0.4, 0.5) is 0 Å². The van der Waals surface area contributed by atoms with E-state index in [4.69, 9.17) is 14.2 Å². The van der Waals surface area contributed by atoms with Gasteiger partial charge in [0.15, 0.2) is 0 Å². The highest BCUT2D eigenvalue weighted by Gasteiger charge is 2.13. The van der Waals surface area contributed by atoms with Crippen LogP contribution >= 0.6 is 34.0 Å². The Hall–Kier alpha value is -4.17. The van der Waals surface area contributed by atoms with Gasteiger partial charge in [0.2, 0.25) is 0 Å². The molecule has 0 saturated carbocycles.